The van der Waals surface area contributed by atoms with Crippen molar-refractivity contribution in [2.24, 2.45) is 10.9 Å². The standard InChI is InChI=1S/C11H24N4O3S/c1-3-9(8-11(12)14-16)13-10-4-6-15(7-5-10)19(2,17)18/h9-10,13,16H,3-8H2,1-2H3,(H2,12,14). The van der Waals surface area contributed by atoms with Crippen LogP contribution in [0.1, 0.15) is 32.6 Å². The molecule has 4 N–H and O–H groups in total. The summed E-state index contributed by atoms with van der Waals surface area (Å²) in [5, 5.41) is 15.0. The Kier molecular flexibility index (Phi) is 6.02. The van der Waals surface area contributed by atoms with Crippen molar-refractivity contribution in [2.75, 3.05) is 19.3 Å². The molecule has 1 saturated heterocycles. The maximum absolute atomic E-state index is 11.4. The third kappa shape index (κ3) is 5.33. The number of nitrogens with one attached hydrogen (secondary N) is 1. The van der Waals surface area contributed by atoms with Crippen molar-refractivity contribution < 1.29 is 13.6 Å². The zero-order valence-electron chi connectivity index (χ0n) is 11.5. The molecule has 1 heterocycles. The van der Waals surface area contributed by atoms with Gasteiger partial charge in [0.2, 0.25) is 10.0 Å². The Morgan fingerprint density at radius 3 is 2.53 bits per heavy atom. The van der Waals surface area contributed by atoms with Crippen LogP contribution in [0, 0.1) is 0 Å². The summed E-state index contributed by atoms with van der Waals surface area (Å²) in [7, 11) is -3.07. The molecule has 0 aromatic rings. The van der Waals surface area contributed by atoms with Crippen LogP contribution < -0.4 is 11.1 Å². The van der Waals surface area contributed by atoms with Crippen molar-refractivity contribution in [2.45, 2.75) is 44.7 Å². The molecule has 0 amide bonds. The molecule has 0 radical (unpaired) electrons. The second-order valence-corrected chi connectivity index (χ2v) is 6.99. The van der Waals surface area contributed by atoms with Crippen LogP contribution >= 0.6 is 0 Å². The maximum Gasteiger partial charge on any atom is 0.211 e. The predicted octanol–water partition coefficient (Wildman–Crippen LogP) is -0.0849. The lowest BCUT2D eigenvalue weighted by atomic mass is 10.0. The summed E-state index contributed by atoms with van der Waals surface area (Å²) in [5.74, 6) is 0.216. The molecule has 1 aliphatic heterocycles. The van der Waals surface area contributed by atoms with Gasteiger partial charge in [-0.15, -0.1) is 0 Å². The molecule has 19 heavy (non-hydrogen) atoms. The number of rotatable bonds is 6. The molecule has 0 aromatic carbocycles. The molecular weight excluding hydrogens is 268 g/mol. The number of amidine groups is 1. The summed E-state index contributed by atoms with van der Waals surface area (Å²) in [6, 6.07) is 0.445. The van der Waals surface area contributed by atoms with Crippen molar-refractivity contribution in [1.29, 1.82) is 0 Å². The smallest absolute Gasteiger partial charge is 0.211 e. The Balaban J connectivity index is 2.43. The lowest BCUT2D eigenvalue weighted by Gasteiger charge is -2.33. The first-order valence-electron chi connectivity index (χ1n) is 6.54. The normalized spacial score (nSPS) is 21.5. The monoisotopic (exact) mass is 292 g/mol. The summed E-state index contributed by atoms with van der Waals surface area (Å²) in [5.41, 5.74) is 5.51. The first kappa shape index (κ1) is 16.2. The van der Waals surface area contributed by atoms with E-state index < -0.39 is 10.0 Å². The van der Waals surface area contributed by atoms with Gasteiger partial charge in [0, 0.05) is 31.6 Å². The van der Waals surface area contributed by atoms with Gasteiger partial charge in [0.1, 0.15) is 5.84 Å². The van der Waals surface area contributed by atoms with E-state index in [0.29, 0.717) is 19.5 Å². The number of piperidine rings is 1. The van der Waals surface area contributed by atoms with Crippen molar-refractivity contribution in [3.63, 3.8) is 0 Å². The van der Waals surface area contributed by atoms with Crippen LogP contribution in [-0.2, 0) is 10.0 Å². The average Bonchev–Trinajstić information content (AvgIpc) is 2.37. The molecule has 1 rings (SSSR count). The average molecular weight is 292 g/mol. The molecule has 1 fully saturated rings. The van der Waals surface area contributed by atoms with Gasteiger partial charge in [0.25, 0.3) is 0 Å². The molecule has 0 aromatic heterocycles. The Morgan fingerprint density at radius 2 is 2.11 bits per heavy atom. The van der Waals surface area contributed by atoms with E-state index in [1.807, 2.05) is 6.92 Å². The van der Waals surface area contributed by atoms with Gasteiger partial charge in [-0.1, -0.05) is 12.1 Å². The van der Waals surface area contributed by atoms with E-state index in [4.69, 9.17) is 10.9 Å². The lowest BCUT2D eigenvalue weighted by molar-refractivity contribution is 0.271. The largest absolute Gasteiger partial charge is 0.409 e. The Labute approximate surface area is 114 Å². The molecule has 0 aliphatic carbocycles. The van der Waals surface area contributed by atoms with Crippen LogP contribution in [0.4, 0.5) is 0 Å². The quantitative estimate of drug-likeness (QED) is 0.274. The first-order valence-corrected chi connectivity index (χ1v) is 8.39. The highest BCUT2D eigenvalue weighted by molar-refractivity contribution is 7.88. The van der Waals surface area contributed by atoms with Crippen molar-refractivity contribution >= 4 is 15.9 Å². The highest BCUT2D eigenvalue weighted by Crippen LogP contribution is 2.14. The molecular formula is C11H24N4O3S. The predicted molar refractivity (Wildman–Crippen MR) is 74.7 cm³/mol. The van der Waals surface area contributed by atoms with Crippen LogP contribution in [0.5, 0.6) is 0 Å². The number of hydrogen-bond acceptors (Lipinski definition) is 5. The van der Waals surface area contributed by atoms with E-state index in [1.165, 1.54) is 10.6 Å². The Morgan fingerprint density at radius 1 is 1.53 bits per heavy atom. The lowest BCUT2D eigenvalue weighted by Crippen LogP contribution is -2.48. The number of nitrogens with zero attached hydrogens (tertiary/aromatic N) is 2. The van der Waals surface area contributed by atoms with Gasteiger partial charge in [-0.25, -0.2) is 12.7 Å². The zero-order valence-corrected chi connectivity index (χ0v) is 12.4. The minimum Gasteiger partial charge on any atom is -0.409 e. The number of hydrogen-bond donors (Lipinski definition) is 3. The molecule has 1 aliphatic rings. The minimum atomic E-state index is -3.07. The number of sulfonamides is 1. The molecule has 7 nitrogen and oxygen atoms in total. The topological polar surface area (TPSA) is 108 Å². The fraction of sp³-hybridized carbons (Fsp3) is 0.909. The highest BCUT2D eigenvalue weighted by atomic mass is 32.2. The van der Waals surface area contributed by atoms with Gasteiger partial charge in [0.15, 0.2) is 0 Å². The summed E-state index contributed by atoms with van der Waals surface area (Å²) < 4.78 is 24.3. The summed E-state index contributed by atoms with van der Waals surface area (Å²) in [6.45, 7) is 3.14. The van der Waals surface area contributed by atoms with Crippen LogP contribution in [0.3, 0.4) is 0 Å². The SMILES string of the molecule is CCC(CC(N)=NO)NC1CCN(S(C)(=O)=O)CC1. The Hall–Kier alpha value is -0.860. The van der Waals surface area contributed by atoms with E-state index in [1.54, 1.807) is 0 Å². The van der Waals surface area contributed by atoms with E-state index in [-0.39, 0.29) is 17.9 Å². The number of nitrogens with two attached hydrogens (primary N) is 1. The van der Waals surface area contributed by atoms with Gasteiger partial charge in [0.05, 0.1) is 6.26 Å². The van der Waals surface area contributed by atoms with Crippen LogP contribution in [-0.4, -0.2) is 55.2 Å². The minimum absolute atomic E-state index is 0.158. The molecule has 8 heteroatoms. The third-order valence-electron chi connectivity index (χ3n) is 3.47. The van der Waals surface area contributed by atoms with Gasteiger partial charge in [-0.3, -0.25) is 0 Å². The molecule has 1 atom stereocenters. The van der Waals surface area contributed by atoms with E-state index >= 15 is 0 Å². The molecule has 112 valence electrons. The van der Waals surface area contributed by atoms with Gasteiger partial charge in [-0.05, 0) is 19.3 Å². The fourth-order valence-electron chi connectivity index (χ4n) is 2.30. The molecule has 0 saturated carbocycles. The summed E-state index contributed by atoms with van der Waals surface area (Å²) in [4.78, 5) is 0. The second kappa shape index (κ2) is 7.06. The van der Waals surface area contributed by atoms with E-state index in [9.17, 15) is 8.42 Å². The summed E-state index contributed by atoms with van der Waals surface area (Å²) in [6.07, 6.45) is 4.20. The fourth-order valence-corrected chi connectivity index (χ4v) is 3.18. The van der Waals surface area contributed by atoms with Gasteiger partial charge in [-0.2, -0.15) is 0 Å². The molecule has 1 unspecified atom stereocenters. The van der Waals surface area contributed by atoms with Crippen molar-refractivity contribution in [3.8, 4) is 0 Å². The van der Waals surface area contributed by atoms with Crippen molar-refractivity contribution in [3.05, 3.63) is 0 Å². The van der Waals surface area contributed by atoms with Crippen molar-refractivity contribution in [1.82, 2.24) is 9.62 Å². The third-order valence-corrected chi connectivity index (χ3v) is 4.77. The van der Waals surface area contributed by atoms with E-state index in [0.717, 1.165) is 19.3 Å². The Bertz CT molecular complexity index is 402. The van der Waals surface area contributed by atoms with Gasteiger partial charge >= 0.3 is 0 Å². The van der Waals surface area contributed by atoms with Crippen LogP contribution in [0.2, 0.25) is 0 Å². The maximum atomic E-state index is 11.4. The zero-order chi connectivity index (χ0) is 14.5. The summed E-state index contributed by atoms with van der Waals surface area (Å²) >= 11 is 0. The van der Waals surface area contributed by atoms with Gasteiger partial charge < -0.3 is 16.3 Å². The van der Waals surface area contributed by atoms with E-state index in [2.05, 4.69) is 10.5 Å². The molecule has 0 bridgehead atoms. The van der Waals surface area contributed by atoms with Crippen LogP contribution in [0.25, 0.3) is 0 Å². The second-order valence-electron chi connectivity index (χ2n) is 5.00. The molecule has 0 spiro atoms. The first-order chi connectivity index (χ1) is 8.86. The van der Waals surface area contributed by atoms with Crippen LogP contribution in [0.15, 0.2) is 5.16 Å². The number of oxime groups is 1. The highest BCUT2D eigenvalue weighted by Gasteiger charge is 2.26.